The molecule has 3 N–H and O–H groups in total. The Balaban J connectivity index is 2.32. The number of nitrogens with zero attached hydrogens (tertiary/aromatic N) is 1. The molecule has 5 nitrogen and oxygen atoms in total. The summed E-state index contributed by atoms with van der Waals surface area (Å²) in [4.78, 5) is 0.231. The number of piperidine rings is 1. The summed E-state index contributed by atoms with van der Waals surface area (Å²) >= 11 is 10.9. The Morgan fingerprint density at radius 1 is 1.52 bits per heavy atom. The van der Waals surface area contributed by atoms with E-state index in [2.05, 4.69) is 0 Å². The summed E-state index contributed by atoms with van der Waals surface area (Å²) in [7, 11) is -3.63. The number of halogens is 1. The van der Waals surface area contributed by atoms with Gasteiger partial charge < -0.3 is 10.8 Å². The van der Waals surface area contributed by atoms with E-state index >= 15 is 0 Å². The van der Waals surface area contributed by atoms with Crippen molar-refractivity contribution >= 4 is 38.8 Å². The smallest absolute Gasteiger partial charge is 0.243 e. The zero-order valence-electron chi connectivity index (χ0n) is 11.5. The van der Waals surface area contributed by atoms with Crippen LogP contribution in [0.1, 0.15) is 18.9 Å². The molecule has 0 saturated carbocycles. The number of aliphatic hydroxyl groups excluding tert-OH is 1. The minimum Gasteiger partial charge on any atom is -0.393 e. The molecule has 0 bridgehead atoms. The summed E-state index contributed by atoms with van der Waals surface area (Å²) in [6, 6.07) is 4.33. The molecule has 2 atom stereocenters. The number of aliphatic hydroxyl groups is 1. The van der Waals surface area contributed by atoms with Crippen molar-refractivity contribution in [3.63, 3.8) is 0 Å². The first-order valence-corrected chi connectivity index (χ1v) is 8.73. The normalized spacial score (nSPS) is 24.0. The summed E-state index contributed by atoms with van der Waals surface area (Å²) in [6.07, 6.45) is -0.0314. The van der Waals surface area contributed by atoms with Crippen LogP contribution < -0.4 is 5.73 Å². The van der Waals surface area contributed by atoms with Crippen LogP contribution in [0.5, 0.6) is 0 Å². The highest BCUT2D eigenvalue weighted by Gasteiger charge is 2.32. The number of sulfonamides is 1. The third-order valence-corrected chi connectivity index (χ3v) is 6.06. The third kappa shape index (κ3) is 3.37. The maximum atomic E-state index is 12.6. The van der Waals surface area contributed by atoms with E-state index in [9.17, 15) is 13.5 Å². The van der Waals surface area contributed by atoms with Gasteiger partial charge in [0.1, 0.15) is 4.99 Å². The van der Waals surface area contributed by atoms with Crippen molar-refractivity contribution in [1.82, 2.24) is 4.31 Å². The maximum Gasteiger partial charge on any atom is 0.243 e. The van der Waals surface area contributed by atoms with Gasteiger partial charge in [-0.2, -0.15) is 4.31 Å². The molecule has 1 saturated heterocycles. The molecule has 21 heavy (non-hydrogen) atoms. The van der Waals surface area contributed by atoms with Gasteiger partial charge in [0.2, 0.25) is 10.0 Å². The molecule has 1 aromatic carbocycles. The van der Waals surface area contributed by atoms with Crippen LogP contribution in [0, 0.1) is 5.92 Å². The fourth-order valence-electron chi connectivity index (χ4n) is 2.32. The van der Waals surface area contributed by atoms with E-state index in [1.54, 1.807) is 0 Å². The molecule has 2 unspecified atom stereocenters. The number of hydrogen-bond donors (Lipinski definition) is 2. The van der Waals surface area contributed by atoms with Crippen molar-refractivity contribution in [2.45, 2.75) is 24.3 Å². The molecular formula is C13H17ClN2O3S2. The fourth-order valence-corrected chi connectivity index (χ4v) is 4.48. The summed E-state index contributed by atoms with van der Waals surface area (Å²) < 4.78 is 26.6. The minimum absolute atomic E-state index is 0.0973. The first-order valence-electron chi connectivity index (χ1n) is 6.51. The topological polar surface area (TPSA) is 83.6 Å². The average Bonchev–Trinajstić information content (AvgIpc) is 2.41. The van der Waals surface area contributed by atoms with Crippen molar-refractivity contribution in [1.29, 1.82) is 0 Å². The van der Waals surface area contributed by atoms with Crippen molar-refractivity contribution < 1.29 is 13.5 Å². The highest BCUT2D eigenvalue weighted by atomic mass is 35.5. The van der Waals surface area contributed by atoms with E-state index in [0.29, 0.717) is 18.5 Å². The summed E-state index contributed by atoms with van der Waals surface area (Å²) in [5.41, 5.74) is 5.96. The Morgan fingerprint density at radius 3 is 2.71 bits per heavy atom. The van der Waals surface area contributed by atoms with Gasteiger partial charge >= 0.3 is 0 Å². The van der Waals surface area contributed by atoms with Crippen LogP contribution in [0.4, 0.5) is 0 Å². The molecule has 0 spiro atoms. The predicted molar refractivity (Wildman–Crippen MR) is 85.9 cm³/mol. The summed E-state index contributed by atoms with van der Waals surface area (Å²) in [5, 5.41) is 9.92. The molecule has 1 heterocycles. The third-order valence-electron chi connectivity index (χ3n) is 3.67. The lowest BCUT2D eigenvalue weighted by Gasteiger charge is -2.33. The van der Waals surface area contributed by atoms with Crippen LogP contribution in [-0.4, -0.2) is 42.0 Å². The van der Waals surface area contributed by atoms with Gasteiger partial charge in [-0.3, -0.25) is 0 Å². The van der Waals surface area contributed by atoms with Gasteiger partial charge in [-0.25, -0.2) is 8.42 Å². The lowest BCUT2D eigenvalue weighted by molar-refractivity contribution is 0.0628. The van der Waals surface area contributed by atoms with Crippen molar-refractivity contribution in [3.8, 4) is 0 Å². The van der Waals surface area contributed by atoms with Crippen molar-refractivity contribution in [2.24, 2.45) is 11.7 Å². The average molecular weight is 349 g/mol. The van der Waals surface area contributed by atoms with Gasteiger partial charge in [-0.1, -0.05) is 30.7 Å². The summed E-state index contributed by atoms with van der Waals surface area (Å²) in [6.45, 7) is 2.41. The first kappa shape index (κ1) is 16.6. The molecule has 1 aliphatic heterocycles. The highest BCUT2D eigenvalue weighted by Crippen LogP contribution is 2.27. The Hall–Kier alpha value is -0.730. The zero-order chi connectivity index (χ0) is 15.8. The van der Waals surface area contributed by atoms with Gasteiger partial charge in [-0.15, -0.1) is 0 Å². The summed E-state index contributed by atoms with van der Waals surface area (Å²) in [5.74, 6) is -0.0973. The molecule has 0 aliphatic carbocycles. The number of rotatable bonds is 3. The van der Waals surface area contributed by atoms with Crippen LogP contribution in [-0.2, 0) is 10.0 Å². The molecule has 1 aliphatic rings. The molecule has 2 rings (SSSR count). The number of nitrogens with two attached hydrogens (primary N) is 1. The molecule has 0 amide bonds. The Morgan fingerprint density at radius 2 is 2.19 bits per heavy atom. The standard InChI is InChI=1S/C13H17ClN2O3S2/c1-8-7-16(5-4-12(8)17)21(18,19)9-2-3-10(13(15)20)11(14)6-9/h2-3,6,8,12,17H,4-5,7H2,1H3,(H2,15,20). The number of benzene rings is 1. The van der Waals surface area contributed by atoms with Crippen molar-refractivity contribution in [2.75, 3.05) is 13.1 Å². The van der Waals surface area contributed by atoms with Crippen molar-refractivity contribution in [3.05, 3.63) is 28.8 Å². The van der Waals surface area contributed by atoms with Crippen LogP contribution in [0.3, 0.4) is 0 Å². The van der Waals surface area contributed by atoms with Gasteiger partial charge in [0, 0.05) is 18.7 Å². The van der Waals surface area contributed by atoms with Gasteiger partial charge in [0.05, 0.1) is 16.0 Å². The quantitative estimate of drug-likeness (QED) is 0.806. The Labute approximate surface area is 134 Å². The van der Waals surface area contributed by atoms with Crippen LogP contribution >= 0.6 is 23.8 Å². The van der Waals surface area contributed by atoms with Gasteiger partial charge in [0.25, 0.3) is 0 Å². The van der Waals surface area contributed by atoms with E-state index in [4.69, 9.17) is 29.6 Å². The number of hydrogen-bond acceptors (Lipinski definition) is 4. The molecule has 116 valence electrons. The van der Waals surface area contributed by atoms with Crippen LogP contribution in [0.25, 0.3) is 0 Å². The molecule has 8 heteroatoms. The zero-order valence-corrected chi connectivity index (χ0v) is 13.9. The molecular weight excluding hydrogens is 332 g/mol. The van der Waals surface area contributed by atoms with Gasteiger partial charge in [0.15, 0.2) is 0 Å². The molecule has 1 aromatic rings. The second kappa shape index (κ2) is 6.18. The highest BCUT2D eigenvalue weighted by molar-refractivity contribution is 7.89. The SMILES string of the molecule is CC1CN(S(=O)(=O)c2ccc(C(N)=S)c(Cl)c2)CCC1O. The van der Waals surface area contributed by atoms with E-state index < -0.39 is 16.1 Å². The molecule has 0 radical (unpaired) electrons. The minimum atomic E-state index is -3.63. The molecule has 0 aromatic heterocycles. The fraction of sp³-hybridized carbons (Fsp3) is 0.462. The maximum absolute atomic E-state index is 12.6. The second-order valence-corrected chi connectivity index (χ2v) is 7.99. The monoisotopic (exact) mass is 348 g/mol. The van der Waals surface area contributed by atoms with E-state index in [1.807, 2.05) is 6.92 Å². The second-order valence-electron chi connectivity index (χ2n) is 5.20. The largest absolute Gasteiger partial charge is 0.393 e. The number of thiocarbonyl (C=S) groups is 1. The first-order chi connectivity index (χ1) is 9.73. The van der Waals surface area contributed by atoms with E-state index in [-0.39, 0.29) is 27.4 Å². The lowest BCUT2D eigenvalue weighted by atomic mass is 9.99. The Bertz CT molecular complexity index is 663. The van der Waals surface area contributed by atoms with E-state index in [1.165, 1.54) is 22.5 Å². The van der Waals surface area contributed by atoms with Crippen LogP contribution in [0.2, 0.25) is 5.02 Å². The lowest BCUT2D eigenvalue weighted by Crippen LogP contribution is -2.44. The molecule has 1 fully saturated rings. The van der Waals surface area contributed by atoms with Gasteiger partial charge in [-0.05, 0) is 30.5 Å². The predicted octanol–water partition coefficient (Wildman–Crippen LogP) is 1.37. The van der Waals surface area contributed by atoms with E-state index in [0.717, 1.165) is 0 Å². The van der Waals surface area contributed by atoms with Crippen LogP contribution in [0.15, 0.2) is 23.1 Å². The Kier molecular flexibility index (Phi) is 4.89.